The van der Waals surface area contributed by atoms with Gasteiger partial charge in [0.25, 0.3) is 5.56 Å². The highest BCUT2D eigenvalue weighted by molar-refractivity contribution is 8.00. The molecule has 0 saturated heterocycles. The number of nitrogens with one attached hydrogen (secondary N) is 1. The van der Waals surface area contributed by atoms with Crippen molar-refractivity contribution < 1.29 is 4.79 Å². The second-order valence-electron chi connectivity index (χ2n) is 9.00. The lowest BCUT2D eigenvalue weighted by atomic mass is 10.1. The minimum atomic E-state index is -0.425. The van der Waals surface area contributed by atoms with Crippen LogP contribution >= 0.6 is 11.8 Å². The molecule has 0 spiro atoms. The van der Waals surface area contributed by atoms with Gasteiger partial charge in [-0.05, 0) is 26.2 Å². The van der Waals surface area contributed by atoms with E-state index in [9.17, 15) is 14.4 Å². The summed E-state index contributed by atoms with van der Waals surface area (Å²) in [5.74, 6) is 0.537. The molecule has 3 rings (SSSR count). The smallest absolute Gasteiger partial charge is 0.332 e. The number of aromatic nitrogens is 4. The van der Waals surface area contributed by atoms with Crippen molar-refractivity contribution in [1.82, 2.24) is 24.4 Å². The summed E-state index contributed by atoms with van der Waals surface area (Å²) in [7, 11) is 1.48. The molecular weight excluding hydrogens is 426 g/mol. The molecule has 1 atom stereocenters. The van der Waals surface area contributed by atoms with Crippen LogP contribution in [0.1, 0.15) is 84.4 Å². The monoisotopic (exact) mass is 461 g/mol. The molecule has 1 amide bonds. The Morgan fingerprint density at radius 1 is 1.12 bits per heavy atom. The van der Waals surface area contributed by atoms with Crippen LogP contribution in [0.2, 0.25) is 0 Å². The molecule has 9 heteroatoms. The minimum Gasteiger partial charge on any atom is -0.352 e. The SMILES string of the molecule is CCCn1c(=O)n(C)c(=O)c2c(SC(C)C(=O)NC3CCCCCC3)nc(C(C)C)nc21. The number of fused-ring (bicyclic) bond motifs is 1. The lowest BCUT2D eigenvalue weighted by Gasteiger charge is -2.20. The van der Waals surface area contributed by atoms with Crippen molar-refractivity contribution in [3.63, 3.8) is 0 Å². The van der Waals surface area contributed by atoms with Gasteiger partial charge >= 0.3 is 5.69 Å². The van der Waals surface area contributed by atoms with E-state index in [1.165, 1.54) is 31.7 Å². The first-order valence-corrected chi connectivity index (χ1v) is 12.6. The van der Waals surface area contributed by atoms with Crippen LogP contribution in [0.5, 0.6) is 0 Å². The zero-order valence-corrected chi connectivity index (χ0v) is 20.6. The third-order valence-electron chi connectivity index (χ3n) is 5.99. The summed E-state index contributed by atoms with van der Waals surface area (Å²) in [6, 6.07) is 0.212. The van der Waals surface area contributed by atoms with Crippen LogP contribution in [0.4, 0.5) is 0 Å². The van der Waals surface area contributed by atoms with E-state index in [2.05, 4.69) is 15.3 Å². The number of nitrogens with zero attached hydrogens (tertiary/aromatic N) is 4. The van der Waals surface area contributed by atoms with Crippen molar-refractivity contribution in [2.45, 2.75) is 101 Å². The molecule has 1 fully saturated rings. The zero-order chi connectivity index (χ0) is 23.4. The highest BCUT2D eigenvalue weighted by Crippen LogP contribution is 2.28. The number of thioether (sulfide) groups is 1. The number of amides is 1. The number of hydrogen-bond acceptors (Lipinski definition) is 6. The number of carbonyl (C=O) groups excluding carboxylic acids is 1. The van der Waals surface area contributed by atoms with Gasteiger partial charge in [-0.2, -0.15) is 0 Å². The molecule has 0 bridgehead atoms. The van der Waals surface area contributed by atoms with Gasteiger partial charge in [0.1, 0.15) is 16.2 Å². The standard InChI is InChI=1S/C23H35N5O3S/c1-6-13-28-19-17(22(30)27(5)23(28)31)21(26-18(25-19)14(2)3)32-15(4)20(29)24-16-11-9-7-8-10-12-16/h14-16H,6-13H2,1-5H3,(H,24,29). The van der Waals surface area contributed by atoms with E-state index in [1.807, 2.05) is 27.7 Å². The lowest BCUT2D eigenvalue weighted by Crippen LogP contribution is -2.40. The molecule has 1 aliphatic rings. The van der Waals surface area contributed by atoms with Crippen LogP contribution in [0.15, 0.2) is 14.6 Å². The van der Waals surface area contributed by atoms with Crippen molar-refractivity contribution in [3.8, 4) is 0 Å². The lowest BCUT2D eigenvalue weighted by molar-refractivity contribution is -0.121. The molecule has 2 aromatic heterocycles. The van der Waals surface area contributed by atoms with Crippen LogP contribution in [0.3, 0.4) is 0 Å². The molecule has 2 aromatic rings. The van der Waals surface area contributed by atoms with E-state index in [0.717, 1.165) is 36.7 Å². The van der Waals surface area contributed by atoms with Crippen LogP contribution in [-0.2, 0) is 18.4 Å². The summed E-state index contributed by atoms with van der Waals surface area (Å²) in [5.41, 5.74) is -0.447. The van der Waals surface area contributed by atoms with Crippen LogP contribution in [-0.4, -0.2) is 36.3 Å². The average molecular weight is 462 g/mol. The van der Waals surface area contributed by atoms with Crippen molar-refractivity contribution in [2.75, 3.05) is 0 Å². The van der Waals surface area contributed by atoms with Crippen molar-refractivity contribution in [2.24, 2.45) is 7.05 Å². The molecule has 0 radical (unpaired) electrons. The fraction of sp³-hybridized carbons (Fsp3) is 0.696. The first-order chi connectivity index (χ1) is 15.2. The molecule has 2 heterocycles. The molecule has 176 valence electrons. The first kappa shape index (κ1) is 24.5. The van der Waals surface area contributed by atoms with Gasteiger partial charge in [-0.25, -0.2) is 14.8 Å². The molecular formula is C23H35N5O3S. The molecule has 1 N–H and O–H groups in total. The third-order valence-corrected chi connectivity index (χ3v) is 7.08. The van der Waals surface area contributed by atoms with Gasteiger partial charge in [0, 0.05) is 25.6 Å². The molecule has 0 aliphatic heterocycles. The largest absolute Gasteiger partial charge is 0.352 e. The Hall–Kier alpha value is -2.16. The maximum atomic E-state index is 13.1. The van der Waals surface area contributed by atoms with Gasteiger partial charge in [-0.1, -0.05) is 58.2 Å². The van der Waals surface area contributed by atoms with E-state index in [-0.39, 0.29) is 23.6 Å². The summed E-state index contributed by atoms with van der Waals surface area (Å²) in [6.45, 7) is 8.22. The summed E-state index contributed by atoms with van der Waals surface area (Å²) in [6.07, 6.45) is 7.50. The van der Waals surface area contributed by atoms with E-state index in [0.29, 0.717) is 28.4 Å². The summed E-state index contributed by atoms with van der Waals surface area (Å²) in [4.78, 5) is 48.0. The quantitative estimate of drug-likeness (QED) is 0.386. The molecule has 8 nitrogen and oxygen atoms in total. The van der Waals surface area contributed by atoms with Gasteiger partial charge in [0.05, 0.1) is 5.25 Å². The molecule has 1 saturated carbocycles. The summed E-state index contributed by atoms with van der Waals surface area (Å²) >= 11 is 1.27. The molecule has 32 heavy (non-hydrogen) atoms. The van der Waals surface area contributed by atoms with Crippen molar-refractivity contribution >= 4 is 28.7 Å². The molecule has 0 aromatic carbocycles. The maximum Gasteiger partial charge on any atom is 0.332 e. The number of rotatable bonds is 7. The predicted molar refractivity (Wildman–Crippen MR) is 128 cm³/mol. The van der Waals surface area contributed by atoms with Gasteiger partial charge < -0.3 is 5.32 Å². The Morgan fingerprint density at radius 2 is 1.78 bits per heavy atom. The highest BCUT2D eigenvalue weighted by atomic mass is 32.2. The number of hydrogen-bond donors (Lipinski definition) is 1. The Kier molecular flexibility index (Phi) is 8.14. The van der Waals surface area contributed by atoms with Gasteiger partial charge in [-0.3, -0.25) is 18.7 Å². The average Bonchev–Trinajstić information content (AvgIpc) is 3.03. The minimum absolute atomic E-state index is 0.0168. The topological polar surface area (TPSA) is 98.9 Å². The highest BCUT2D eigenvalue weighted by Gasteiger charge is 2.25. The van der Waals surface area contributed by atoms with E-state index in [4.69, 9.17) is 0 Å². The summed E-state index contributed by atoms with van der Waals surface area (Å²) in [5, 5.41) is 3.54. The Bertz CT molecular complexity index is 1080. The van der Waals surface area contributed by atoms with E-state index < -0.39 is 10.8 Å². The Balaban J connectivity index is 2.01. The Labute approximate surface area is 193 Å². The molecule has 1 aliphatic carbocycles. The van der Waals surface area contributed by atoms with Crippen molar-refractivity contribution in [1.29, 1.82) is 0 Å². The van der Waals surface area contributed by atoms with Crippen LogP contribution < -0.4 is 16.6 Å². The number of aryl methyl sites for hydroxylation is 1. The Morgan fingerprint density at radius 3 is 2.38 bits per heavy atom. The maximum absolute atomic E-state index is 13.1. The predicted octanol–water partition coefficient (Wildman–Crippen LogP) is 3.34. The number of carbonyl (C=O) groups is 1. The second kappa shape index (κ2) is 10.6. The normalized spacial score (nSPS) is 16.3. The first-order valence-electron chi connectivity index (χ1n) is 11.7. The van der Waals surface area contributed by atoms with Crippen LogP contribution in [0.25, 0.3) is 11.0 Å². The third kappa shape index (κ3) is 5.24. The second-order valence-corrected chi connectivity index (χ2v) is 10.3. The zero-order valence-electron chi connectivity index (χ0n) is 19.8. The van der Waals surface area contributed by atoms with Crippen molar-refractivity contribution in [3.05, 3.63) is 26.7 Å². The van der Waals surface area contributed by atoms with Gasteiger partial charge in [0.2, 0.25) is 5.91 Å². The van der Waals surface area contributed by atoms with E-state index >= 15 is 0 Å². The van der Waals surface area contributed by atoms with Gasteiger partial charge in [-0.15, -0.1) is 0 Å². The summed E-state index contributed by atoms with van der Waals surface area (Å²) < 4.78 is 2.65. The fourth-order valence-electron chi connectivity index (χ4n) is 4.09. The fourth-order valence-corrected chi connectivity index (χ4v) is 5.04. The van der Waals surface area contributed by atoms with Crippen LogP contribution in [0, 0.1) is 0 Å². The van der Waals surface area contributed by atoms with Gasteiger partial charge in [0.15, 0.2) is 5.65 Å². The van der Waals surface area contributed by atoms with E-state index in [1.54, 1.807) is 4.57 Å². The molecule has 1 unspecified atom stereocenters.